The van der Waals surface area contributed by atoms with Gasteiger partial charge in [0.25, 0.3) is 0 Å². The Morgan fingerprint density at radius 3 is 1.71 bits per heavy atom. The quantitative estimate of drug-likeness (QED) is 0.196. The summed E-state index contributed by atoms with van der Waals surface area (Å²) in [6, 6.07) is 45.3. The van der Waals surface area contributed by atoms with E-state index in [1.54, 1.807) is 0 Å². The highest BCUT2D eigenvalue weighted by atomic mass is 79.9. The molecule has 178 valence electrons. The predicted molar refractivity (Wildman–Crippen MR) is 165 cm³/mol. The molecule has 0 radical (unpaired) electrons. The van der Waals surface area contributed by atoms with Crippen molar-refractivity contribution in [1.29, 1.82) is 0 Å². The molecule has 0 bridgehead atoms. The Labute approximate surface area is 228 Å². The Balaban J connectivity index is 1.51. The van der Waals surface area contributed by atoms with Gasteiger partial charge in [0.05, 0.1) is 0 Å². The molecule has 1 aromatic heterocycles. The summed E-state index contributed by atoms with van der Waals surface area (Å²) in [5, 5.41) is 9.62. The van der Waals surface area contributed by atoms with Crippen LogP contribution in [-0.2, 0) is 0 Å². The average Bonchev–Trinajstić information content (AvgIpc) is 3.37. The first-order valence-electron chi connectivity index (χ1n) is 12.8. The molecule has 0 unspecified atom stereocenters. The molecule has 0 amide bonds. The van der Waals surface area contributed by atoms with Gasteiger partial charge in [-0.15, -0.1) is 0 Å². The van der Waals surface area contributed by atoms with E-state index in [9.17, 15) is 0 Å². The van der Waals surface area contributed by atoms with Crippen LogP contribution >= 0.6 is 15.9 Å². The van der Waals surface area contributed by atoms with E-state index < -0.39 is 0 Å². The van der Waals surface area contributed by atoms with Crippen LogP contribution in [0.2, 0.25) is 0 Å². The third-order valence-corrected chi connectivity index (χ3v) is 8.59. The topological polar surface area (TPSA) is 13.1 Å². The third kappa shape index (κ3) is 3.04. The number of benzene rings is 7. The van der Waals surface area contributed by atoms with Gasteiger partial charge in [0, 0.05) is 20.8 Å². The van der Waals surface area contributed by atoms with Crippen molar-refractivity contribution in [2.45, 2.75) is 0 Å². The number of fused-ring (bicyclic) bond motifs is 6. The summed E-state index contributed by atoms with van der Waals surface area (Å²) in [5.41, 5.74) is 6.57. The highest BCUT2D eigenvalue weighted by molar-refractivity contribution is 9.10. The maximum Gasteiger partial charge on any atom is 0.143 e. The van der Waals surface area contributed by atoms with Crippen molar-refractivity contribution < 1.29 is 4.42 Å². The van der Waals surface area contributed by atoms with Crippen LogP contribution in [0.5, 0.6) is 0 Å². The van der Waals surface area contributed by atoms with Crippen LogP contribution < -0.4 is 0 Å². The number of hydrogen-bond acceptors (Lipinski definition) is 1. The standard InChI is InChI=1S/C36H21BrO/c37-35-27-15-5-3-13-25(27)33(26-14-4-6-16-28(26)35)30-19-9-21-32-34(30)31-20-8-18-29(36(31)38-32)24-17-7-11-22-10-1-2-12-23(22)24/h1-21H. The molecule has 8 aromatic rings. The third-order valence-electron chi connectivity index (χ3n) is 7.74. The zero-order chi connectivity index (χ0) is 25.2. The van der Waals surface area contributed by atoms with Crippen LogP contribution in [0.25, 0.3) is 76.5 Å². The molecule has 38 heavy (non-hydrogen) atoms. The molecule has 1 heterocycles. The normalized spacial score (nSPS) is 11.8. The van der Waals surface area contributed by atoms with Gasteiger partial charge in [-0.1, -0.05) is 121 Å². The van der Waals surface area contributed by atoms with Crippen molar-refractivity contribution in [2.75, 3.05) is 0 Å². The van der Waals surface area contributed by atoms with Crippen molar-refractivity contribution in [3.8, 4) is 22.3 Å². The lowest BCUT2D eigenvalue weighted by molar-refractivity contribution is 0.670. The summed E-state index contributed by atoms with van der Waals surface area (Å²) in [6.45, 7) is 0. The number of rotatable bonds is 2. The molecule has 0 fully saturated rings. The summed E-state index contributed by atoms with van der Waals surface area (Å²) >= 11 is 3.91. The van der Waals surface area contributed by atoms with E-state index in [1.165, 1.54) is 49.0 Å². The molecule has 2 heteroatoms. The molecule has 0 aliphatic heterocycles. The second-order valence-corrected chi connectivity index (χ2v) is 10.6. The van der Waals surface area contributed by atoms with Gasteiger partial charge in [0.2, 0.25) is 0 Å². The molecular weight excluding hydrogens is 528 g/mol. The van der Waals surface area contributed by atoms with Gasteiger partial charge in [0.1, 0.15) is 11.2 Å². The fraction of sp³-hybridized carbons (Fsp3) is 0. The summed E-state index contributed by atoms with van der Waals surface area (Å²) in [4.78, 5) is 0. The smallest absolute Gasteiger partial charge is 0.143 e. The molecule has 0 atom stereocenters. The predicted octanol–water partition coefficient (Wildman–Crippen LogP) is 11.1. The average molecular weight is 549 g/mol. The lowest BCUT2D eigenvalue weighted by Gasteiger charge is -2.15. The summed E-state index contributed by atoms with van der Waals surface area (Å²) in [6.07, 6.45) is 0. The first kappa shape index (κ1) is 21.7. The van der Waals surface area contributed by atoms with Gasteiger partial charge in [-0.3, -0.25) is 0 Å². The summed E-state index contributed by atoms with van der Waals surface area (Å²) in [5.74, 6) is 0. The minimum Gasteiger partial charge on any atom is -0.455 e. The van der Waals surface area contributed by atoms with E-state index in [-0.39, 0.29) is 0 Å². The maximum absolute atomic E-state index is 6.69. The molecule has 7 aromatic carbocycles. The van der Waals surface area contributed by atoms with Crippen molar-refractivity contribution >= 4 is 70.2 Å². The molecule has 0 aliphatic rings. The molecule has 0 saturated carbocycles. The largest absolute Gasteiger partial charge is 0.455 e. The van der Waals surface area contributed by atoms with E-state index in [4.69, 9.17) is 4.42 Å². The Kier molecular flexibility index (Phi) is 4.74. The number of furan rings is 1. The molecule has 8 rings (SSSR count). The van der Waals surface area contributed by atoms with Gasteiger partial charge in [-0.05, 0) is 71.0 Å². The number of para-hydroxylation sites is 1. The summed E-state index contributed by atoms with van der Waals surface area (Å²) in [7, 11) is 0. The SMILES string of the molecule is Brc1c2ccccc2c(-c2cccc3oc4c(-c5cccc6ccccc56)cccc4c23)c2ccccc12. The highest BCUT2D eigenvalue weighted by Gasteiger charge is 2.20. The van der Waals surface area contributed by atoms with Gasteiger partial charge in [0.15, 0.2) is 0 Å². The van der Waals surface area contributed by atoms with Gasteiger partial charge < -0.3 is 4.42 Å². The van der Waals surface area contributed by atoms with E-state index in [2.05, 4.69) is 143 Å². The summed E-state index contributed by atoms with van der Waals surface area (Å²) < 4.78 is 7.82. The van der Waals surface area contributed by atoms with E-state index >= 15 is 0 Å². The lowest BCUT2D eigenvalue weighted by atomic mass is 9.89. The van der Waals surface area contributed by atoms with Crippen molar-refractivity contribution in [3.63, 3.8) is 0 Å². The fourth-order valence-corrected chi connectivity index (χ4v) is 6.79. The van der Waals surface area contributed by atoms with Crippen LogP contribution in [0.3, 0.4) is 0 Å². The monoisotopic (exact) mass is 548 g/mol. The van der Waals surface area contributed by atoms with Crippen LogP contribution in [0.1, 0.15) is 0 Å². The van der Waals surface area contributed by atoms with Crippen molar-refractivity contribution in [2.24, 2.45) is 0 Å². The number of hydrogen-bond donors (Lipinski definition) is 0. The Hall–Kier alpha value is -4.40. The Morgan fingerprint density at radius 1 is 0.421 bits per heavy atom. The molecule has 0 aliphatic carbocycles. The molecular formula is C36H21BrO. The van der Waals surface area contributed by atoms with Crippen LogP contribution in [0.15, 0.2) is 136 Å². The van der Waals surface area contributed by atoms with Gasteiger partial charge >= 0.3 is 0 Å². The van der Waals surface area contributed by atoms with Crippen LogP contribution in [0.4, 0.5) is 0 Å². The maximum atomic E-state index is 6.69. The van der Waals surface area contributed by atoms with Crippen LogP contribution in [0, 0.1) is 0 Å². The van der Waals surface area contributed by atoms with E-state index in [0.717, 1.165) is 32.0 Å². The van der Waals surface area contributed by atoms with Crippen molar-refractivity contribution in [3.05, 3.63) is 132 Å². The first-order valence-corrected chi connectivity index (χ1v) is 13.6. The molecule has 0 spiro atoms. The lowest BCUT2D eigenvalue weighted by Crippen LogP contribution is -1.88. The van der Waals surface area contributed by atoms with E-state index in [1.807, 2.05) is 0 Å². The molecule has 1 nitrogen and oxygen atoms in total. The fourth-order valence-electron chi connectivity index (χ4n) is 6.09. The first-order chi connectivity index (χ1) is 18.8. The second kappa shape index (κ2) is 8.31. The Morgan fingerprint density at radius 2 is 0.947 bits per heavy atom. The number of halogens is 1. The van der Waals surface area contributed by atoms with E-state index in [0.29, 0.717) is 0 Å². The van der Waals surface area contributed by atoms with Crippen LogP contribution in [-0.4, -0.2) is 0 Å². The molecule has 0 saturated heterocycles. The van der Waals surface area contributed by atoms with Gasteiger partial charge in [-0.2, -0.15) is 0 Å². The minimum absolute atomic E-state index is 0.904. The second-order valence-electron chi connectivity index (χ2n) is 9.77. The zero-order valence-corrected chi connectivity index (χ0v) is 22.0. The van der Waals surface area contributed by atoms with Gasteiger partial charge in [-0.25, -0.2) is 0 Å². The highest BCUT2D eigenvalue weighted by Crippen LogP contribution is 2.47. The zero-order valence-electron chi connectivity index (χ0n) is 20.4. The molecule has 0 N–H and O–H groups in total. The van der Waals surface area contributed by atoms with Crippen molar-refractivity contribution in [1.82, 2.24) is 0 Å². The Bertz CT molecular complexity index is 2140. The minimum atomic E-state index is 0.904.